The summed E-state index contributed by atoms with van der Waals surface area (Å²) in [5, 5.41) is 8.55. The van der Waals surface area contributed by atoms with Crippen LogP contribution in [-0.2, 0) is 23.6 Å². The van der Waals surface area contributed by atoms with Crippen LogP contribution in [0.25, 0.3) is 0 Å². The first-order chi connectivity index (χ1) is 10.7. The lowest BCUT2D eigenvalue weighted by molar-refractivity contribution is -0.777. The molecule has 0 heterocycles. The molecular formula is C14H19F2O6S-. The zero-order valence-corrected chi connectivity index (χ0v) is 13.7. The molecule has 4 rings (SSSR count). The second kappa shape index (κ2) is 5.80. The van der Waals surface area contributed by atoms with Crippen molar-refractivity contribution < 1.29 is 37.7 Å². The van der Waals surface area contributed by atoms with Gasteiger partial charge in [-0.3, -0.25) is 5.04 Å². The van der Waals surface area contributed by atoms with E-state index in [2.05, 4.69) is 9.37 Å². The molecule has 0 aliphatic heterocycles. The number of carbonyl (C=O) groups excluding carboxylic acids is 1. The molecule has 0 radical (unpaired) electrons. The predicted molar refractivity (Wildman–Crippen MR) is 72.5 cm³/mol. The van der Waals surface area contributed by atoms with Crippen molar-refractivity contribution in [2.24, 2.45) is 17.8 Å². The van der Waals surface area contributed by atoms with Crippen LogP contribution in [0.15, 0.2) is 0 Å². The van der Waals surface area contributed by atoms with Crippen LogP contribution < -0.4 is 5.26 Å². The van der Waals surface area contributed by atoms with Crippen LogP contribution in [0.5, 0.6) is 0 Å². The topological polar surface area (TPSA) is 77.1 Å². The van der Waals surface area contributed by atoms with Crippen LogP contribution in [-0.4, -0.2) is 29.5 Å². The zero-order valence-electron chi connectivity index (χ0n) is 12.9. The molecule has 9 heteroatoms. The minimum Gasteiger partial charge on any atom is -0.691 e. The van der Waals surface area contributed by atoms with Gasteiger partial charge in [0.1, 0.15) is 17.6 Å². The van der Waals surface area contributed by atoms with Gasteiger partial charge in [0.05, 0.1) is 5.60 Å². The lowest BCUT2D eigenvalue weighted by Gasteiger charge is -2.62. The predicted octanol–water partition coefficient (Wildman–Crippen LogP) is 1.98. The normalized spacial score (nSPS) is 42.0. The minimum absolute atomic E-state index is 0.00451. The Labute approximate surface area is 136 Å². The molecular weight excluding hydrogens is 334 g/mol. The van der Waals surface area contributed by atoms with E-state index in [9.17, 15) is 18.8 Å². The summed E-state index contributed by atoms with van der Waals surface area (Å²) in [6, 6.07) is 0. The summed E-state index contributed by atoms with van der Waals surface area (Å²) in [4.78, 5) is 11.9. The van der Waals surface area contributed by atoms with E-state index in [1.807, 2.05) is 0 Å². The third-order valence-electron chi connectivity index (χ3n) is 5.90. The first kappa shape index (κ1) is 17.3. The highest BCUT2D eigenvalue weighted by Crippen LogP contribution is 2.62. The number of halogens is 2. The van der Waals surface area contributed by atoms with E-state index in [0.717, 1.165) is 19.3 Å². The molecule has 23 heavy (non-hydrogen) atoms. The van der Waals surface area contributed by atoms with Crippen molar-refractivity contribution in [3.8, 4) is 0 Å². The van der Waals surface area contributed by atoms with Crippen molar-refractivity contribution in [3.63, 3.8) is 0 Å². The first-order valence-electron chi connectivity index (χ1n) is 7.55. The highest BCUT2D eigenvalue weighted by atomic mass is 32.2. The largest absolute Gasteiger partial charge is 0.691 e. The van der Waals surface area contributed by atoms with Gasteiger partial charge in [-0.2, -0.15) is 13.1 Å². The Kier molecular flexibility index (Phi) is 4.38. The SMILES string of the molecule is COC12CC3CC(C1)C(C)(OC(=O)C(F)(F)SOO[O-])C(C3)C2. The summed E-state index contributed by atoms with van der Waals surface area (Å²) >= 11 is -0.652. The quantitative estimate of drug-likeness (QED) is 0.313. The van der Waals surface area contributed by atoms with Crippen LogP contribution in [0.1, 0.15) is 39.0 Å². The van der Waals surface area contributed by atoms with Crippen LogP contribution in [0.3, 0.4) is 0 Å². The Morgan fingerprint density at radius 2 is 1.87 bits per heavy atom. The molecule has 2 atom stereocenters. The second-order valence-electron chi connectivity index (χ2n) is 7.04. The highest BCUT2D eigenvalue weighted by Gasteiger charge is 2.63. The van der Waals surface area contributed by atoms with Crippen LogP contribution in [0.4, 0.5) is 8.78 Å². The van der Waals surface area contributed by atoms with E-state index in [4.69, 9.17) is 9.47 Å². The molecule has 4 aliphatic carbocycles. The number of hydrogen-bond donors (Lipinski definition) is 0. The van der Waals surface area contributed by atoms with Crippen molar-refractivity contribution in [3.05, 3.63) is 0 Å². The molecule has 4 aliphatic rings. The summed E-state index contributed by atoms with van der Waals surface area (Å²) < 4.78 is 41.9. The number of alkyl halides is 2. The fourth-order valence-corrected chi connectivity index (χ4v) is 5.10. The monoisotopic (exact) mass is 353 g/mol. The molecule has 4 bridgehead atoms. The molecule has 0 N–H and O–H groups in total. The van der Waals surface area contributed by atoms with E-state index in [0.29, 0.717) is 18.8 Å². The molecule has 0 amide bonds. The Bertz CT molecular complexity index is 472. The standard InChI is InChI=1S/C14H20F2O6S/c1-12(20-11(17)14(15,16)23-22-21-18)9-3-8-4-10(12)7-13(5-8,6-9)19-2/h8-10,18H,3-7H2,1-2H3/p-1. The zero-order chi connectivity index (χ0) is 16.9. The van der Waals surface area contributed by atoms with E-state index < -0.39 is 28.9 Å². The molecule has 0 spiro atoms. The molecule has 0 saturated heterocycles. The van der Waals surface area contributed by atoms with Gasteiger partial charge in [0, 0.05) is 18.9 Å². The molecule has 2 unspecified atom stereocenters. The fraction of sp³-hybridized carbons (Fsp3) is 0.929. The summed E-state index contributed by atoms with van der Waals surface area (Å²) in [5.74, 6) is -1.22. The second-order valence-corrected chi connectivity index (χ2v) is 7.86. The van der Waals surface area contributed by atoms with Crippen LogP contribution >= 0.6 is 12.0 Å². The van der Waals surface area contributed by atoms with Gasteiger partial charge in [-0.25, -0.2) is 4.79 Å². The molecule has 6 nitrogen and oxygen atoms in total. The average Bonchev–Trinajstić information content (AvgIpc) is 2.50. The lowest BCUT2D eigenvalue weighted by atomic mass is 9.48. The summed E-state index contributed by atoms with van der Waals surface area (Å²) in [5.41, 5.74) is -1.16. The maximum Gasteiger partial charge on any atom is 0.415 e. The molecule has 0 aromatic rings. The first-order valence-corrected chi connectivity index (χ1v) is 8.29. The average molecular weight is 353 g/mol. The van der Waals surface area contributed by atoms with E-state index in [1.54, 1.807) is 14.0 Å². The van der Waals surface area contributed by atoms with Crippen LogP contribution in [0, 0.1) is 17.8 Å². The van der Waals surface area contributed by atoms with E-state index in [-0.39, 0.29) is 17.4 Å². The van der Waals surface area contributed by atoms with Gasteiger partial charge in [-0.05, 0) is 44.9 Å². The van der Waals surface area contributed by atoms with Gasteiger partial charge >= 0.3 is 11.2 Å². The maximum absolute atomic E-state index is 13.7. The summed E-state index contributed by atoms with van der Waals surface area (Å²) in [6.07, 6.45) is 4.11. The number of hydrogen-bond acceptors (Lipinski definition) is 7. The van der Waals surface area contributed by atoms with E-state index >= 15 is 0 Å². The third-order valence-corrected chi connectivity index (χ3v) is 6.40. The minimum atomic E-state index is -4.00. The molecule has 0 aromatic heterocycles. The number of rotatable bonds is 6. The third kappa shape index (κ3) is 2.86. The highest BCUT2D eigenvalue weighted by molar-refractivity contribution is 7.96. The number of carbonyl (C=O) groups is 1. The Hall–Kier alpha value is -0.480. The van der Waals surface area contributed by atoms with Crippen molar-refractivity contribution in [2.75, 3.05) is 7.11 Å². The molecule has 4 fully saturated rings. The summed E-state index contributed by atoms with van der Waals surface area (Å²) in [6.45, 7) is 1.73. The Morgan fingerprint density at radius 3 is 2.39 bits per heavy atom. The van der Waals surface area contributed by atoms with Gasteiger partial charge < -0.3 is 14.7 Å². The maximum atomic E-state index is 13.7. The van der Waals surface area contributed by atoms with Gasteiger partial charge in [0.15, 0.2) is 0 Å². The molecule has 132 valence electrons. The van der Waals surface area contributed by atoms with Crippen molar-refractivity contribution in [2.45, 2.75) is 55.5 Å². The molecule has 0 aromatic carbocycles. The van der Waals surface area contributed by atoms with E-state index in [1.165, 1.54) is 0 Å². The summed E-state index contributed by atoms with van der Waals surface area (Å²) in [7, 11) is 1.68. The van der Waals surface area contributed by atoms with Gasteiger partial charge in [-0.1, -0.05) is 0 Å². The van der Waals surface area contributed by atoms with Gasteiger partial charge in [-0.15, -0.1) is 0 Å². The number of methoxy groups -OCH3 is 1. The number of esters is 1. The number of ether oxygens (including phenoxy) is 2. The fourth-order valence-electron chi connectivity index (χ4n) is 4.88. The smallest absolute Gasteiger partial charge is 0.415 e. The lowest BCUT2D eigenvalue weighted by Crippen LogP contribution is -2.64. The molecule has 4 saturated carbocycles. The van der Waals surface area contributed by atoms with Crippen molar-refractivity contribution >= 4 is 18.0 Å². The Balaban J connectivity index is 1.74. The van der Waals surface area contributed by atoms with Crippen molar-refractivity contribution in [1.82, 2.24) is 0 Å². The van der Waals surface area contributed by atoms with Gasteiger partial charge in [0.2, 0.25) is 0 Å². The van der Waals surface area contributed by atoms with Crippen LogP contribution in [0.2, 0.25) is 0 Å². The van der Waals surface area contributed by atoms with Gasteiger partial charge in [0.25, 0.3) is 0 Å². The Morgan fingerprint density at radius 1 is 1.26 bits per heavy atom. The van der Waals surface area contributed by atoms with Crippen molar-refractivity contribution in [1.29, 1.82) is 0 Å².